The Kier molecular flexibility index (Phi) is 3.94. The third-order valence-corrected chi connectivity index (χ3v) is 5.63. The Labute approximate surface area is 149 Å². The van der Waals surface area contributed by atoms with Gasteiger partial charge in [0.15, 0.2) is 0 Å². The number of benzene rings is 1. The second kappa shape index (κ2) is 6.01. The number of anilines is 1. The number of rotatable bonds is 3. The molecule has 1 aliphatic heterocycles. The summed E-state index contributed by atoms with van der Waals surface area (Å²) in [6.07, 6.45) is 6.66. The van der Waals surface area contributed by atoms with E-state index in [1.807, 2.05) is 21.8 Å². The van der Waals surface area contributed by atoms with Gasteiger partial charge in [0, 0.05) is 23.8 Å². The molecule has 0 spiro atoms. The lowest BCUT2D eigenvalue weighted by atomic mass is 9.80. The number of amides is 1. The standard InChI is InChI=1S/C21H27N3O/c1-21(2,3)19-11-13-24(22-19)18-10-12-23(20(18)25)17-9-5-8-16(14-17)15-6-4-7-15/h5,8-9,11,13-15,18H,4,6-7,10,12H2,1-3H3. The monoisotopic (exact) mass is 337 g/mol. The highest BCUT2D eigenvalue weighted by Crippen LogP contribution is 2.38. The lowest BCUT2D eigenvalue weighted by Gasteiger charge is -2.27. The zero-order valence-corrected chi connectivity index (χ0v) is 15.4. The molecule has 1 atom stereocenters. The van der Waals surface area contributed by atoms with Gasteiger partial charge in [-0.2, -0.15) is 5.10 Å². The molecule has 0 radical (unpaired) electrons. The van der Waals surface area contributed by atoms with E-state index in [-0.39, 0.29) is 17.4 Å². The first kappa shape index (κ1) is 16.4. The van der Waals surface area contributed by atoms with Gasteiger partial charge in [-0.1, -0.05) is 39.3 Å². The molecule has 4 nitrogen and oxygen atoms in total. The number of nitrogens with zero attached hydrogens (tertiary/aromatic N) is 3. The van der Waals surface area contributed by atoms with E-state index in [0.29, 0.717) is 5.92 Å². The van der Waals surface area contributed by atoms with Crippen LogP contribution < -0.4 is 4.90 Å². The number of carbonyl (C=O) groups excluding carboxylic acids is 1. The van der Waals surface area contributed by atoms with Crippen LogP contribution in [0.4, 0.5) is 5.69 Å². The van der Waals surface area contributed by atoms with Crippen LogP contribution in [-0.4, -0.2) is 22.2 Å². The maximum Gasteiger partial charge on any atom is 0.251 e. The fourth-order valence-electron chi connectivity index (χ4n) is 3.77. The lowest BCUT2D eigenvalue weighted by Crippen LogP contribution is -2.28. The number of carbonyl (C=O) groups is 1. The molecule has 1 saturated carbocycles. The summed E-state index contributed by atoms with van der Waals surface area (Å²) >= 11 is 0. The first-order chi connectivity index (χ1) is 11.9. The highest BCUT2D eigenvalue weighted by atomic mass is 16.2. The summed E-state index contributed by atoms with van der Waals surface area (Å²) < 4.78 is 1.86. The van der Waals surface area contributed by atoms with E-state index in [9.17, 15) is 4.79 Å². The minimum atomic E-state index is -0.177. The lowest BCUT2D eigenvalue weighted by molar-refractivity contribution is -0.120. The Balaban J connectivity index is 1.54. The summed E-state index contributed by atoms with van der Waals surface area (Å²) in [5.74, 6) is 0.850. The SMILES string of the molecule is CC(C)(C)c1ccn(C2CCN(c3cccc(C4CCC4)c3)C2=O)n1. The number of hydrogen-bond donors (Lipinski definition) is 0. The van der Waals surface area contributed by atoms with Gasteiger partial charge >= 0.3 is 0 Å². The quantitative estimate of drug-likeness (QED) is 0.831. The molecule has 1 unspecified atom stereocenters. The minimum absolute atomic E-state index is 0.00366. The maximum atomic E-state index is 13.0. The average molecular weight is 337 g/mol. The average Bonchev–Trinajstić information content (AvgIpc) is 3.12. The Morgan fingerprint density at radius 1 is 1.12 bits per heavy atom. The third-order valence-electron chi connectivity index (χ3n) is 5.63. The first-order valence-corrected chi connectivity index (χ1v) is 9.40. The molecule has 25 heavy (non-hydrogen) atoms. The molecule has 2 aliphatic rings. The van der Waals surface area contributed by atoms with Crippen molar-refractivity contribution >= 4 is 11.6 Å². The number of hydrogen-bond acceptors (Lipinski definition) is 2. The van der Waals surface area contributed by atoms with E-state index < -0.39 is 0 Å². The maximum absolute atomic E-state index is 13.0. The topological polar surface area (TPSA) is 38.1 Å². The molecule has 1 amide bonds. The summed E-state index contributed by atoms with van der Waals surface area (Å²) in [5.41, 5.74) is 3.46. The van der Waals surface area contributed by atoms with Crippen molar-refractivity contribution in [1.82, 2.24) is 9.78 Å². The third kappa shape index (κ3) is 2.99. The molecule has 1 aromatic heterocycles. The molecule has 2 fully saturated rings. The van der Waals surface area contributed by atoms with Gasteiger partial charge in [-0.3, -0.25) is 9.48 Å². The Morgan fingerprint density at radius 3 is 2.56 bits per heavy atom. The van der Waals surface area contributed by atoms with E-state index in [4.69, 9.17) is 0 Å². The second-order valence-electron chi connectivity index (χ2n) is 8.45. The van der Waals surface area contributed by atoms with Crippen LogP contribution in [0.3, 0.4) is 0 Å². The van der Waals surface area contributed by atoms with Gasteiger partial charge < -0.3 is 4.90 Å². The van der Waals surface area contributed by atoms with Gasteiger partial charge in [0.25, 0.3) is 5.91 Å². The van der Waals surface area contributed by atoms with Gasteiger partial charge in [-0.05, 0) is 48.9 Å². The van der Waals surface area contributed by atoms with E-state index in [0.717, 1.165) is 24.3 Å². The predicted octanol–water partition coefficient (Wildman–Crippen LogP) is 4.43. The van der Waals surface area contributed by atoms with Crippen LogP contribution in [-0.2, 0) is 10.2 Å². The molecule has 4 heteroatoms. The van der Waals surface area contributed by atoms with Crippen LogP contribution in [0.5, 0.6) is 0 Å². The van der Waals surface area contributed by atoms with E-state index >= 15 is 0 Å². The molecule has 132 valence electrons. The summed E-state index contributed by atoms with van der Waals surface area (Å²) in [6, 6.07) is 10.4. The van der Waals surface area contributed by atoms with Crippen molar-refractivity contribution in [3.8, 4) is 0 Å². The van der Waals surface area contributed by atoms with Crippen molar-refractivity contribution in [3.63, 3.8) is 0 Å². The molecule has 2 aromatic rings. The van der Waals surface area contributed by atoms with E-state index in [1.165, 1.54) is 24.8 Å². The van der Waals surface area contributed by atoms with Gasteiger partial charge in [0.2, 0.25) is 0 Å². The highest BCUT2D eigenvalue weighted by Gasteiger charge is 2.35. The Morgan fingerprint density at radius 2 is 1.92 bits per heavy atom. The second-order valence-corrected chi connectivity index (χ2v) is 8.45. The van der Waals surface area contributed by atoms with Crippen LogP contribution in [0.15, 0.2) is 36.5 Å². The first-order valence-electron chi connectivity index (χ1n) is 9.40. The van der Waals surface area contributed by atoms with Crippen molar-refractivity contribution in [2.75, 3.05) is 11.4 Å². The Hall–Kier alpha value is -2.10. The zero-order valence-electron chi connectivity index (χ0n) is 15.4. The smallest absolute Gasteiger partial charge is 0.251 e. The summed E-state index contributed by atoms with van der Waals surface area (Å²) in [6.45, 7) is 7.21. The van der Waals surface area contributed by atoms with Gasteiger partial charge in [-0.25, -0.2) is 0 Å². The molecule has 4 rings (SSSR count). The van der Waals surface area contributed by atoms with Crippen molar-refractivity contribution in [1.29, 1.82) is 0 Å². The molecule has 1 aliphatic carbocycles. The largest absolute Gasteiger partial charge is 0.310 e. The fraction of sp³-hybridized carbons (Fsp3) is 0.524. The predicted molar refractivity (Wildman–Crippen MR) is 100.0 cm³/mol. The number of aromatic nitrogens is 2. The van der Waals surface area contributed by atoms with E-state index in [1.54, 1.807) is 0 Å². The van der Waals surface area contributed by atoms with Gasteiger partial charge in [-0.15, -0.1) is 0 Å². The molecule has 1 saturated heterocycles. The van der Waals surface area contributed by atoms with Crippen LogP contribution in [0, 0.1) is 0 Å². The Bertz CT molecular complexity index is 782. The van der Waals surface area contributed by atoms with Gasteiger partial charge in [0.1, 0.15) is 6.04 Å². The minimum Gasteiger partial charge on any atom is -0.310 e. The van der Waals surface area contributed by atoms with Crippen LogP contribution in [0.2, 0.25) is 0 Å². The molecule has 0 bridgehead atoms. The van der Waals surface area contributed by atoms with Crippen molar-refractivity contribution in [2.45, 2.75) is 63.8 Å². The summed E-state index contributed by atoms with van der Waals surface area (Å²) in [4.78, 5) is 14.9. The van der Waals surface area contributed by atoms with Crippen LogP contribution in [0.25, 0.3) is 0 Å². The van der Waals surface area contributed by atoms with Crippen LogP contribution in [0.1, 0.15) is 69.7 Å². The van der Waals surface area contributed by atoms with Crippen molar-refractivity contribution in [2.24, 2.45) is 0 Å². The van der Waals surface area contributed by atoms with Crippen molar-refractivity contribution in [3.05, 3.63) is 47.8 Å². The van der Waals surface area contributed by atoms with E-state index in [2.05, 4.69) is 50.1 Å². The zero-order chi connectivity index (χ0) is 17.6. The molecule has 0 N–H and O–H groups in total. The fourth-order valence-corrected chi connectivity index (χ4v) is 3.77. The molecule has 1 aromatic carbocycles. The molecule has 2 heterocycles. The van der Waals surface area contributed by atoms with Gasteiger partial charge in [0.05, 0.1) is 5.69 Å². The van der Waals surface area contributed by atoms with Crippen molar-refractivity contribution < 1.29 is 4.79 Å². The van der Waals surface area contributed by atoms with Crippen LogP contribution >= 0.6 is 0 Å². The molecular formula is C21H27N3O. The summed E-state index contributed by atoms with van der Waals surface area (Å²) in [7, 11) is 0. The summed E-state index contributed by atoms with van der Waals surface area (Å²) in [5, 5.41) is 4.68. The highest BCUT2D eigenvalue weighted by molar-refractivity contribution is 5.98. The normalized spacial score (nSPS) is 21.6. The molecular weight excluding hydrogens is 310 g/mol.